The van der Waals surface area contributed by atoms with Gasteiger partial charge in [0.2, 0.25) is 0 Å². The lowest BCUT2D eigenvalue weighted by molar-refractivity contribution is -0.110. The summed E-state index contributed by atoms with van der Waals surface area (Å²) in [6, 6.07) is 0. The normalized spacial score (nSPS) is 25.7. The van der Waals surface area contributed by atoms with Crippen LogP contribution in [-0.2, 0) is 9.53 Å². The van der Waals surface area contributed by atoms with Gasteiger partial charge < -0.3 is 4.74 Å². The maximum atomic E-state index is 11.4. The van der Waals surface area contributed by atoms with Crippen LogP contribution in [0.15, 0.2) is 23.7 Å². The summed E-state index contributed by atoms with van der Waals surface area (Å²) in [5, 5.41) is 0.0688. The molecule has 0 aromatic rings. The summed E-state index contributed by atoms with van der Waals surface area (Å²) in [4.78, 5) is 11.4. The molecule has 0 saturated heterocycles. The van der Waals surface area contributed by atoms with Crippen LogP contribution in [0.5, 0.6) is 0 Å². The number of rotatable bonds is 0. The van der Waals surface area contributed by atoms with Crippen molar-refractivity contribution >= 4 is 16.9 Å². The molecule has 12 heavy (non-hydrogen) atoms. The minimum Gasteiger partial charge on any atom is -0.461 e. The highest BCUT2D eigenvalue weighted by molar-refractivity contribution is 8.15. The van der Waals surface area contributed by atoms with E-state index in [0.717, 1.165) is 12.0 Å². The summed E-state index contributed by atoms with van der Waals surface area (Å²) in [6.07, 6.45) is 4.39. The van der Waals surface area contributed by atoms with Crippen LogP contribution in [0.2, 0.25) is 0 Å². The van der Waals surface area contributed by atoms with E-state index in [2.05, 4.69) is 13.8 Å². The van der Waals surface area contributed by atoms with Crippen molar-refractivity contribution in [3.63, 3.8) is 0 Å². The van der Waals surface area contributed by atoms with E-state index in [0.29, 0.717) is 5.76 Å². The van der Waals surface area contributed by atoms with Crippen LogP contribution < -0.4 is 0 Å². The second-order valence-electron chi connectivity index (χ2n) is 3.40. The second kappa shape index (κ2) is 2.39. The van der Waals surface area contributed by atoms with Gasteiger partial charge in [0.15, 0.2) is 5.76 Å². The fourth-order valence-electron chi connectivity index (χ4n) is 1.48. The molecule has 0 radical (unpaired) electrons. The predicted molar refractivity (Wildman–Crippen MR) is 48.5 cm³/mol. The topological polar surface area (TPSA) is 26.3 Å². The number of allylic oxidation sites excluding steroid dienone is 1. The Balaban J connectivity index is 2.42. The number of hydrogen-bond donors (Lipinski definition) is 0. The predicted octanol–water partition coefficient (Wildman–Crippen LogP) is 2.23. The van der Waals surface area contributed by atoms with Crippen molar-refractivity contribution in [3.05, 3.63) is 23.7 Å². The third-order valence-corrected chi connectivity index (χ3v) is 3.27. The Kier molecular flexibility index (Phi) is 1.58. The third kappa shape index (κ3) is 1.00. The molecule has 0 fully saturated rings. The van der Waals surface area contributed by atoms with Crippen molar-refractivity contribution in [1.82, 2.24) is 0 Å². The van der Waals surface area contributed by atoms with E-state index in [1.54, 1.807) is 6.26 Å². The molecule has 2 heterocycles. The van der Waals surface area contributed by atoms with E-state index in [1.807, 2.05) is 6.08 Å². The lowest BCUT2D eigenvalue weighted by atomic mass is 9.97. The Bertz CT molecular complexity index is 300. The van der Waals surface area contributed by atoms with Gasteiger partial charge >= 0.3 is 0 Å². The van der Waals surface area contributed by atoms with Gasteiger partial charge in [0.05, 0.1) is 6.26 Å². The van der Waals surface area contributed by atoms with E-state index in [4.69, 9.17) is 4.74 Å². The molecule has 0 aromatic carbocycles. The van der Waals surface area contributed by atoms with Gasteiger partial charge in [-0.25, -0.2) is 0 Å². The fourth-order valence-corrected chi connectivity index (χ4v) is 2.50. The average molecular weight is 182 g/mol. The van der Waals surface area contributed by atoms with Gasteiger partial charge in [0.25, 0.3) is 5.12 Å². The summed E-state index contributed by atoms with van der Waals surface area (Å²) in [5.74, 6) is 0.563. The molecule has 2 aliphatic rings. The van der Waals surface area contributed by atoms with Crippen LogP contribution in [0.1, 0.15) is 20.3 Å². The number of carbonyl (C=O) groups excluding carboxylic acids is 1. The smallest absolute Gasteiger partial charge is 0.255 e. The van der Waals surface area contributed by atoms with Crippen LogP contribution in [0, 0.1) is 0 Å². The van der Waals surface area contributed by atoms with E-state index >= 15 is 0 Å². The van der Waals surface area contributed by atoms with E-state index in [-0.39, 0.29) is 9.86 Å². The molecular formula is C9H10O2S. The Morgan fingerprint density at radius 3 is 3.00 bits per heavy atom. The molecule has 2 aliphatic heterocycles. The van der Waals surface area contributed by atoms with Crippen molar-refractivity contribution in [1.29, 1.82) is 0 Å². The van der Waals surface area contributed by atoms with Crippen LogP contribution in [0.4, 0.5) is 0 Å². The highest BCUT2D eigenvalue weighted by Crippen LogP contribution is 2.46. The van der Waals surface area contributed by atoms with Crippen LogP contribution >= 0.6 is 11.8 Å². The van der Waals surface area contributed by atoms with Crippen molar-refractivity contribution in [2.45, 2.75) is 25.0 Å². The van der Waals surface area contributed by atoms with Gasteiger partial charge in [-0.05, 0) is 31.9 Å². The molecule has 0 aliphatic carbocycles. The number of hydrogen-bond acceptors (Lipinski definition) is 3. The average Bonchev–Trinajstić information content (AvgIpc) is 2.25. The molecule has 2 nitrogen and oxygen atoms in total. The van der Waals surface area contributed by atoms with Gasteiger partial charge in [-0.1, -0.05) is 11.8 Å². The van der Waals surface area contributed by atoms with Crippen LogP contribution in [0.25, 0.3) is 0 Å². The standard InChI is InChI=1S/C9H10O2S/c1-9(2)6-4-3-5-11-7(6)8(10)12-9/h3,5H,4H2,1-2H3. The zero-order chi connectivity index (χ0) is 8.77. The Labute approximate surface area is 75.7 Å². The molecular weight excluding hydrogens is 172 g/mol. The van der Waals surface area contributed by atoms with Crippen LogP contribution in [-0.4, -0.2) is 9.86 Å². The van der Waals surface area contributed by atoms with Gasteiger partial charge in [-0.15, -0.1) is 0 Å². The Morgan fingerprint density at radius 2 is 2.33 bits per heavy atom. The monoisotopic (exact) mass is 182 g/mol. The highest BCUT2D eigenvalue weighted by atomic mass is 32.2. The Hall–Kier alpha value is -0.700. The van der Waals surface area contributed by atoms with E-state index < -0.39 is 0 Å². The molecule has 0 unspecified atom stereocenters. The molecule has 64 valence electrons. The number of carbonyl (C=O) groups is 1. The molecule has 0 aromatic heterocycles. The quantitative estimate of drug-likeness (QED) is 0.574. The molecule has 0 amide bonds. The van der Waals surface area contributed by atoms with Crippen molar-refractivity contribution in [3.8, 4) is 0 Å². The van der Waals surface area contributed by atoms with Crippen molar-refractivity contribution < 1.29 is 9.53 Å². The third-order valence-electron chi connectivity index (χ3n) is 2.14. The molecule has 2 rings (SSSR count). The summed E-state index contributed by atoms with van der Waals surface area (Å²) < 4.78 is 5.11. The van der Waals surface area contributed by atoms with Gasteiger partial charge in [-0.2, -0.15) is 0 Å². The maximum Gasteiger partial charge on any atom is 0.255 e. The minimum absolute atomic E-state index is 0.0688. The number of ether oxygens (including phenoxy) is 1. The summed E-state index contributed by atoms with van der Waals surface area (Å²) in [5.41, 5.74) is 1.13. The largest absolute Gasteiger partial charge is 0.461 e. The lowest BCUT2D eigenvalue weighted by Gasteiger charge is -2.19. The maximum absolute atomic E-state index is 11.4. The molecule has 0 atom stereocenters. The Morgan fingerprint density at radius 1 is 1.58 bits per heavy atom. The summed E-state index contributed by atoms with van der Waals surface area (Å²) in [6.45, 7) is 4.11. The zero-order valence-corrected chi connectivity index (χ0v) is 7.90. The van der Waals surface area contributed by atoms with Crippen LogP contribution in [0.3, 0.4) is 0 Å². The van der Waals surface area contributed by atoms with Gasteiger partial charge in [0.1, 0.15) is 0 Å². The molecule has 0 bridgehead atoms. The first kappa shape index (κ1) is 7.92. The number of thioether (sulfide) groups is 1. The zero-order valence-electron chi connectivity index (χ0n) is 7.09. The minimum atomic E-state index is -0.0722. The summed E-state index contributed by atoms with van der Waals surface area (Å²) >= 11 is 1.35. The fraction of sp³-hybridized carbons (Fsp3) is 0.444. The summed E-state index contributed by atoms with van der Waals surface area (Å²) in [7, 11) is 0. The molecule has 0 N–H and O–H groups in total. The van der Waals surface area contributed by atoms with Crippen molar-refractivity contribution in [2.75, 3.05) is 0 Å². The first-order valence-corrected chi connectivity index (χ1v) is 4.71. The first-order chi connectivity index (χ1) is 5.61. The van der Waals surface area contributed by atoms with E-state index in [1.165, 1.54) is 11.8 Å². The van der Waals surface area contributed by atoms with Crippen molar-refractivity contribution in [2.24, 2.45) is 0 Å². The molecule has 0 saturated carbocycles. The molecule has 0 spiro atoms. The molecule has 3 heteroatoms. The lowest BCUT2D eigenvalue weighted by Crippen LogP contribution is -2.15. The van der Waals surface area contributed by atoms with Gasteiger partial charge in [-0.3, -0.25) is 4.79 Å². The first-order valence-electron chi connectivity index (χ1n) is 3.90. The SMILES string of the molecule is CC1(C)SC(=O)C2=C1CC=CO2. The van der Waals surface area contributed by atoms with Gasteiger partial charge in [0, 0.05) is 4.75 Å². The van der Waals surface area contributed by atoms with E-state index in [9.17, 15) is 4.79 Å². The second-order valence-corrected chi connectivity index (χ2v) is 5.00. The highest BCUT2D eigenvalue weighted by Gasteiger charge is 2.40.